The largest absolute Gasteiger partial charge is 0.477 e. The van der Waals surface area contributed by atoms with Crippen LogP contribution < -0.4 is 10.9 Å². The molecule has 5 nitrogen and oxygen atoms in total. The molecule has 4 rings (SSSR count). The van der Waals surface area contributed by atoms with Crippen LogP contribution in [0, 0.1) is 5.92 Å². The molecule has 2 aromatic carbocycles. The van der Waals surface area contributed by atoms with Crippen molar-refractivity contribution in [2.75, 3.05) is 13.1 Å². The van der Waals surface area contributed by atoms with Gasteiger partial charge in [-0.1, -0.05) is 46.3 Å². The lowest BCUT2D eigenvalue weighted by Crippen LogP contribution is -2.35. The highest BCUT2D eigenvalue weighted by atomic mass is 79.9. The maximum atomic E-state index is 13.3. The number of carboxylic acid groups (broad SMARTS) is 1. The molecule has 0 amide bonds. The van der Waals surface area contributed by atoms with Gasteiger partial charge < -0.3 is 15.0 Å². The third kappa shape index (κ3) is 3.50. The third-order valence-corrected chi connectivity index (χ3v) is 5.89. The average Bonchev–Trinajstić information content (AvgIpc) is 2.71. The van der Waals surface area contributed by atoms with Crippen molar-refractivity contribution in [3.8, 4) is 11.1 Å². The molecule has 0 unspecified atom stereocenters. The lowest BCUT2D eigenvalue weighted by atomic mass is 9.94. The highest BCUT2D eigenvalue weighted by molar-refractivity contribution is 9.10. The summed E-state index contributed by atoms with van der Waals surface area (Å²) in [5.74, 6) is -0.791. The van der Waals surface area contributed by atoms with Crippen molar-refractivity contribution in [2.24, 2.45) is 5.92 Å². The molecule has 0 atom stereocenters. The Kier molecular flexibility index (Phi) is 5.33. The summed E-state index contributed by atoms with van der Waals surface area (Å²) in [6.45, 7) is 2.22. The number of carbonyl (C=O) groups is 1. The van der Waals surface area contributed by atoms with Crippen LogP contribution in [0.2, 0.25) is 0 Å². The summed E-state index contributed by atoms with van der Waals surface area (Å²) in [5, 5.41) is 14.6. The van der Waals surface area contributed by atoms with Crippen LogP contribution in [-0.2, 0) is 6.54 Å². The molecule has 1 aromatic heterocycles. The maximum Gasteiger partial charge on any atom is 0.353 e. The summed E-state index contributed by atoms with van der Waals surface area (Å²) < 4.78 is 2.29. The van der Waals surface area contributed by atoms with E-state index < -0.39 is 5.97 Å². The molecule has 0 aliphatic carbocycles. The first-order valence-electron chi connectivity index (χ1n) is 9.41. The van der Waals surface area contributed by atoms with E-state index in [-0.39, 0.29) is 17.2 Å². The molecule has 0 saturated carbocycles. The van der Waals surface area contributed by atoms with E-state index in [0.717, 1.165) is 36.0 Å². The average molecular weight is 441 g/mol. The quantitative estimate of drug-likeness (QED) is 0.639. The number of nitrogens with one attached hydrogen (secondary N) is 1. The Hall–Kier alpha value is -2.44. The van der Waals surface area contributed by atoms with Gasteiger partial charge in [-0.15, -0.1) is 0 Å². The highest BCUT2D eigenvalue weighted by Gasteiger charge is 2.25. The third-order valence-electron chi connectivity index (χ3n) is 5.40. The van der Waals surface area contributed by atoms with Crippen molar-refractivity contribution in [3.63, 3.8) is 0 Å². The van der Waals surface area contributed by atoms with E-state index >= 15 is 0 Å². The zero-order valence-corrected chi connectivity index (χ0v) is 16.9. The predicted octanol–water partition coefficient (Wildman–Crippen LogP) is 4.13. The van der Waals surface area contributed by atoms with Crippen LogP contribution in [-0.4, -0.2) is 28.7 Å². The van der Waals surface area contributed by atoms with E-state index in [1.807, 2.05) is 42.5 Å². The van der Waals surface area contributed by atoms with Gasteiger partial charge in [-0.3, -0.25) is 4.79 Å². The number of nitrogens with zero attached hydrogens (tertiary/aromatic N) is 1. The second-order valence-electron chi connectivity index (χ2n) is 7.19. The molecule has 1 fully saturated rings. The van der Waals surface area contributed by atoms with Crippen molar-refractivity contribution in [1.29, 1.82) is 0 Å². The number of carboxylic acids is 1. The monoisotopic (exact) mass is 440 g/mol. The maximum absolute atomic E-state index is 13.3. The second kappa shape index (κ2) is 7.89. The summed E-state index contributed by atoms with van der Waals surface area (Å²) >= 11 is 3.46. The van der Waals surface area contributed by atoms with Crippen LogP contribution in [0.25, 0.3) is 21.9 Å². The van der Waals surface area contributed by atoms with Gasteiger partial charge in [-0.05, 0) is 61.0 Å². The molecular formula is C22H21BrN2O3. The van der Waals surface area contributed by atoms with Crippen molar-refractivity contribution in [1.82, 2.24) is 9.88 Å². The Morgan fingerprint density at radius 2 is 1.82 bits per heavy atom. The van der Waals surface area contributed by atoms with E-state index in [4.69, 9.17) is 0 Å². The minimum Gasteiger partial charge on any atom is -0.477 e. The predicted molar refractivity (Wildman–Crippen MR) is 114 cm³/mol. The number of aromatic nitrogens is 1. The highest BCUT2D eigenvalue weighted by Crippen LogP contribution is 2.33. The Morgan fingerprint density at radius 3 is 2.50 bits per heavy atom. The number of hydrogen-bond acceptors (Lipinski definition) is 3. The molecule has 1 saturated heterocycles. The van der Waals surface area contributed by atoms with Crippen LogP contribution in [0.3, 0.4) is 0 Å². The molecule has 2 heterocycles. The minimum atomic E-state index is -1.08. The summed E-state index contributed by atoms with van der Waals surface area (Å²) in [6, 6.07) is 14.9. The van der Waals surface area contributed by atoms with Gasteiger partial charge in [-0.2, -0.15) is 0 Å². The number of halogens is 1. The number of aromatic carboxylic acids is 1. The molecule has 3 aromatic rings. The van der Waals surface area contributed by atoms with Crippen LogP contribution in [0.15, 0.2) is 57.8 Å². The lowest BCUT2D eigenvalue weighted by molar-refractivity contribution is 0.0683. The standard InChI is InChI=1S/C22H21BrN2O3/c23-16-6-7-17-18(12-16)19(15-4-2-1-3-5-15)20(22(27)28)25(21(17)26)13-14-8-10-24-11-9-14/h1-7,12,14,24H,8-11,13H2,(H,27,28). The fourth-order valence-electron chi connectivity index (χ4n) is 4.04. The molecule has 2 N–H and O–H groups in total. The van der Waals surface area contributed by atoms with Gasteiger partial charge in [-0.25, -0.2) is 4.79 Å². The molecule has 144 valence electrons. The molecule has 1 aliphatic rings. The number of benzene rings is 2. The number of hydrogen-bond donors (Lipinski definition) is 2. The van der Waals surface area contributed by atoms with E-state index in [2.05, 4.69) is 21.2 Å². The number of rotatable bonds is 4. The smallest absolute Gasteiger partial charge is 0.353 e. The topological polar surface area (TPSA) is 71.3 Å². The molecule has 0 radical (unpaired) electrons. The van der Waals surface area contributed by atoms with Crippen molar-refractivity contribution in [3.05, 3.63) is 69.1 Å². The van der Waals surface area contributed by atoms with Crippen molar-refractivity contribution < 1.29 is 9.90 Å². The molecule has 1 aliphatic heterocycles. The first-order chi connectivity index (χ1) is 13.6. The van der Waals surface area contributed by atoms with Crippen molar-refractivity contribution in [2.45, 2.75) is 19.4 Å². The van der Waals surface area contributed by atoms with E-state index in [0.29, 0.717) is 22.9 Å². The number of fused-ring (bicyclic) bond motifs is 1. The van der Waals surface area contributed by atoms with E-state index in [1.165, 1.54) is 4.57 Å². The minimum absolute atomic E-state index is 0.0698. The first kappa shape index (κ1) is 18.9. The number of pyridine rings is 1. The van der Waals surface area contributed by atoms with Gasteiger partial charge in [0.2, 0.25) is 0 Å². The second-order valence-corrected chi connectivity index (χ2v) is 8.11. The van der Waals surface area contributed by atoms with E-state index in [9.17, 15) is 14.7 Å². The Balaban J connectivity index is 2.04. The van der Waals surface area contributed by atoms with E-state index in [1.54, 1.807) is 6.07 Å². The van der Waals surface area contributed by atoms with Crippen LogP contribution >= 0.6 is 15.9 Å². The van der Waals surface area contributed by atoms with Gasteiger partial charge >= 0.3 is 5.97 Å². The van der Waals surface area contributed by atoms with Crippen LogP contribution in [0.1, 0.15) is 23.3 Å². The Morgan fingerprint density at radius 1 is 1.11 bits per heavy atom. The summed E-state index contributed by atoms with van der Waals surface area (Å²) in [4.78, 5) is 25.6. The molecular weight excluding hydrogens is 420 g/mol. The first-order valence-corrected chi connectivity index (χ1v) is 10.2. The summed E-state index contributed by atoms with van der Waals surface area (Å²) in [6.07, 6.45) is 1.87. The van der Waals surface area contributed by atoms with Gasteiger partial charge in [0.25, 0.3) is 5.56 Å². The van der Waals surface area contributed by atoms with Crippen LogP contribution in [0.5, 0.6) is 0 Å². The fraction of sp³-hybridized carbons (Fsp3) is 0.273. The fourth-order valence-corrected chi connectivity index (χ4v) is 4.40. The molecule has 6 heteroatoms. The van der Waals surface area contributed by atoms with Gasteiger partial charge in [0.05, 0.1) is 0 Å². The Labute approximate surface area is 171 Å². The number of piperidine rings is 1. The molecule has 0 bridgehead atoms. The SMILES string of the molecule is O=C(O)c1c(-c2ccccc2)c2cc(Br)ccc2c(=O)n1CC1CCNCC1. The van der Waals surface area contributed by atoms with Crippen LogP contribution in [0.4, 0.5) is 0 Å². The van der Waals surface area contributed by atoms with Gasteiger partial charge in [0.15, 0.2) is 0 Å². The molecule has 28 heavy (non-hydrogen) atoms. The molecule has 0 spiro atoms. The lowest BCUT2D eigenvalue weighted by Gasteiger charge is -2.25. The normalized spacial score (nSPS) is 15.0. The Bertz CT molecular complexity index is 1090. The summed E-state index contributed by atoms with van der Waals surface area (Å²) in [7, 11) is 0. The van der Waals surface area contributed by atoms with Crippen molar-refractivity contribution >= 4 is 32.7 Å². The van der Waals surface area contributed by atoms with Gasteiger partial charge in [0, 0.05) is 22.0 Å². The zero-order chi connectivity index (χ0) is 19.7. The van der Waals surface area contributed by atoms with Gasteiger partial charge in [0.1, 0.15) is 5.69 Å². The summed E-state index contributed by atoms with van der Waals surface area (Å²) in [5.41, 5.74) is 1.22. The zero-order valence-electron chi connectivity index (χ0n) is 15.3.